The summed E-state index contributed by atoms with van der Waals surface area (Å²) in [6.45, 7) is 2.00. The normalized spacial score (nSPS) is 17.8. The standard InChI is InChI=1S/C16H26N4O2/c1-20(2)15-11-13(6-8-17-15)12-19-16(21)18-9-7-14-5-3-4-10-22-14/h6,8,11,14H,3-5,7,9-10,12H2,1-2H3,(H2,18,19,21)/t14-/m0/s1. The molecule has 2 N–H and O–H groups in total. The highest BCUT2D eigenvalue weighted by Gasteiger charge is 2.13. The SMILES string of the molecule is CN(C)c1cc(CNC(=O)NCC[C@@H]2CCCCO2)ccn1. The maximum absolute atomic E-state index is 11.8. The summed E-state index contributed by atoms with van der Waals surface area (Å²) in [5.74, 6) is 0.883. The fourth-order valence-corrected chi connectivity index (χ4v) is 2.44. The van der Waals surface area contributed by atoms with E-state index in [1.807, 2.05) is 31.1 Å². The van der Waals surface area contributed by atoms with Gasteiger partial charge in [0.15, 0.2) is 0 Å². The van der Waals surface area contributed by atoms with Gasteiger partial charge >= 0.3 is 6.03 Å². The molecule has 2 rings (SSSR count). The van der Waals surface area contributed by atoms with Gasteiger partial charge in [-0.15, -0.1) is 0 Å². The summed E-state index contributed by atoms with van der Waals surface area (Å²) in [7, 11) is 3.89. The Morgan fingerprint density at radius 2 is 2.27 bits per heavy atom. The number of urea groups is 1. The molecule has 0 unspecified atom stereocenters. The molecule has 0 saturated carbocycles. The number of pyridine rings is 1. The number of amides is 2. The minimum Gasteiger partial charge on any atom is -0.378 e. The van der Waals surface area contributed by atoms with Crippen molar-refractivity contribution in [2.75, 3.05) is 32.1 Å². The summed E-state index contributed by atoms with van der Waals surface area (Å²) >= 11 is 0. The van der Waals surface area contributed by atoms with Crippen LogP contribution in [0.15, 0.2) is 18.3 Å². The van der Waals surface area contributed by atoms with E-state index in [1.165, 1.54) is 6.42 Å². The van der Waals surface area contributed by atoms with Gasteiger partial charge < -0.3 is 20.3 Å². The van der Waals surface area contributed by atoms with Crippen molar-refractivity contribution in [1.29, 1.82) is 0 Å². The van der Waals surface area contributed by atoms with Gasteiger partial charge in [-0.25, -0.2) is 9.78 Å². The molecule has 2 heterocycles. The van der Waals surface area contributed by atoms with E-state index in [0.29, 0.717) is 19.2 Å². The van der Waals surface area contributed by atoms with Crippen molar-refractivity contribution in [3.05, 3.63) is 23.9 Å². The van der Waals surface area contributed by atoms with Crippen LogP contribution in [0.25, 0.3) is 0 Å². The van der Waals surface area contributed by atoms with Crippen LogP contribution in [0.5, 0.6) is 0 Å². The second-order valence-electron chi connectivity index (χ2n) is 5.80. The Balaban J connectivity index is 1.65. The monoisotopic (exact) mass is 306 g/mol. The average Bonchev–Trinajstić information content (AvgIpc) is 2.54. The lowest BCUT2D eigenvalue weighted by molar-refractivity contribution is 0.0120. The first kappa shape index (κ1) is 16.5. The fourth-order valence-electron chi connectivity index (χ4n) is 2.44. The molecule has 6 nitrogen and oxygen atoms in total. The Kier molecular flexibility index (Phi) is 6.45. The van der Waals surface area contributed by atoms with Crippen LogP contribution in [-0.4, -0.2) is 44.4 Å². The summed E-state index contributed by atoms with van der Waals surface area (Å²) in [5.41, 5.74) is 1.03. The molecule has 1 aliphatic heterocycles. The highest BCUT2D eigenvalue weighted by molar-refractivity contribution is 5.73. The van der Waals surface area contributed by atoms with E-state index >= 15 is 0 Å². The van der Waals surface area contributed by atoms with Crippen LogP contribution in [0, 0.1) is 0 Å². The maximum atomic E-state index is 11.8. The Labute approximate surface area is 132 Å². The number of hydrogen-bond donors (Lipinski definition) is 2. The zero-order chi connectivity index (χ0) is 15.8. The van der Waals surface area contributed by atoms with Crippen molar-refractivity contribution < 1.29 is 9.53 Å². The van der Waals surface area contributed by atoms with Gasteiger partial charge in [-0.3, -0.25) is 0 Å². The molecule has 6 heteroatoms. The summed E-state index contributed by atoms with van der Waals surface area (Å²) in [4.78, 5) is 18.0. The highest BCUT2D eigenvalue weighted by Crippen LogP contribution is 2.14. The fraction of sp³-hybridized carbons (Fsp3) is 0.625. The number of aromatic nitrogens is 1. The molecule has 1 aromatic heterocycles. The Hall–Kier alpha value is -1.82. The summed E-state index contributed by atoms with van der Waals surface area (Å²) in [6, 6.07) is 3.73. The number of nitrogens with zero attached hydrogens (tertiary/aromatic N) is 2. The van der Waals surface area contributed by atoms with Crippen molar-refractivity contribution in [2.24, 2.45) is 0 Å². The number of carbonyl (C=O) groups excluding carboxylic acids is 1. The zero-order valence-corrected chi connectivity index (χ0v) is 13.5. The first-order chi connectivity index (χ1) is 10.6. The van der Waals surface area contributed by atoms with E-state index in [-0.39, 0.29) is 6.03 Å². The lowest BCUT2D eigenvalue weighted by Crippen LogP contribution is -2.37. The molecule has 0 aromatic carbocycles. The predicted molar refractivity (Wildman–Crippen MR) is 87.0 cm³/mol. The second kappa shape index (κ2) is 8.58. The molecule has 0 spiro atoms. The number of anilines is 1. The second-order valence-corrected chi connectivity index (χ2v) is 5.80. The third kappa shape index (κ3) is 5.52. The molecule has 2 amide bonds. The Morgan fingerprint density at radius 3 is 3.00 bits per heavy atom. The van der Waals surface area contributed by atoms with Gasteiger partial charge in [-0.2, -0.15) is 0 Å². The molecular weight excluding hydrogens is 280 g/mol. The molecule has 0 aliphatic carbocycles. The van der Waals surface area contributed by atoms with Crippen molar-refractivity contribution >= 4 is 11.8 Å². The third-order valence-electron chi connectivity index (χ3n) is 3.75. The van der Waals surface area contributed by atoms with Crippen LogP contribution >= 0.6 is 0 Å². The molecule has 1 fully saturated rings. The topological polar surface area (TPSA) is 66.5 Å². The van der Waals surface area contributed by atoms with Crippen molar-refractivity contribution in [1.82, 2.24) is 15.6 Å². The van der Waals surface area contributed by atoms with Crippen molar-refractivity contribution in [2.45, 2.75) is 38.3 Å². The zero-order valence-electron chi connectivity index (χ0n) is 13.5. The third-order valence-corrected chi connectivity index (χ3v) is 3.75. The van der Waals surface area contributed by atoms with Crippen LogP contribution in [0.3, 0.4) is 0 Å². The van der Waals surface area contributed by atoms with Crippen LogP contribution in [-0.2, 0) is 11.3 Å². The summed E-state index contributed by atoms with van der Waals surface area (Å²) in [5, 5.41) is 5.75. The Morgan fingerprint density at radius 1 is 1.41 bits per heavy atom. The van der Waals surface area contributed by atoms with Gasteiger partial charge in [-0.05, 0) is 43.4 Å². The molecule has 1 saturated heterocycles. The lowest BCUT2D eigenvalue weighted by atomic mass is 10.1. The van der Waals surface area contributed by atoms with E-state index in [1.54, 1.807) is 6.20 Å². The molecule has 0 bridgehead atoms. The van der Waals surface area contributed by atoms with E-state index in [9.17, 15) is 4.79 Å². The van der Waals surface area contributed by atoms with Gasteiger partial charge in [0, 0.05) is 40.0 Å². The average molecular weight is 306 g/mol. The first-order valence-electron chi connectivity index (χ1n) is 7.90. The van der Waals surface area contributed by atoms with Crippen LogP contribution in [0.1, 0.15) is 31.2 Å². The molecule has 0 radical (unpaired) electrons. The van der Waals surface area contributed by atoms with Crippen LogP contribution in [0.2, 0.25) is 0 Å². The minimum atomic E-state index is -0.140. The molecule has 1 aliphatic rings. The highest BCUT2D eigenvalue weighted by atomic mass is 16.5. The van der Waals surface area contributed by atoms with E-state index < -0.39 is 0 Å². The van der Waals surface area contributed by atoms with Crippen LogP contribution < -0.4 is 15.5 Å². The van der Waals surface area contributed by atoms with Gasteiger partial charge in [0.1, 0.15) is 5.82 Å². The molecule has 1 aromatic rings. The van der Waals surface area contributed by atoms with Crippen molar-refractivity contribution in [3.8, 4) is 0 Å². The lowest BCUT2D eigenvalue weighted by Gasteiger charge is -2.22. The van der Waals surface area contributed by atoms with E-state index in [0.717, 1.165) is 37.3 Å². The Bertz CT molecular complexity index is 473. The quantitative estimate of drug-likeness (QED) is 0.842. The summed E-state index contributed by atoms with van der Waals surface area (Å²) in [6.07, 6.45) is 6.43. The number of rotatable bonds is 6. The summed E-state index contributed by atoms with van der Waals surface area (Å²) < 4.78 is 5.64. The first-order valence-corrected chi connectivity index (χ1v) is 7.90. The van der Waals surface area contributed by atoms with Crippen LogP contribution in [0.4, 0.5) is 10.6 Å². The van der Waals surface area contributed by atoms with Gasteiger partial charge in [0.2, 0.25) is 0 Å². The number of nitrogens with one attached hydrogen (secondary N) is 2. The largest absolute Gasteiger partial charge is 0.378 e. The van der Waals surface area contributed by atoms with Crippen molar-refractivity contribution in [3.63, 3.8) is 0 Å². The number of carbonyl (C=O) groups is 1. The molecule has 22 heavy (non-hydrogen) atoms. The predicted octanol–water partition coefficient (Wildman–Crippen LogP) is 1.91. The molecule has 122 valence electrons. The van der Waals surface area contributed by atoms with Gasteiger partial charge in [0.25, 0.3) is 0 Å². The van der Waals surface area contributed by atoms with E-state index in [4.69, 9.17) is 4.74 Å². The molecular formula is C16H26N4O2. The maximum Gasteiger partial charge on any atom is 0.315 e. The van der Waals surface area contributed by atoms with E-state index in [2.05, 4.69) is 15.6 Å². The molecule has 1 atom stereocenters. The number of ether oxygens (including phenoxy) is 1. The number of hydrogen-bond acceptors (Lipinski definition) is 4. The van der Waals surface area contributed by atoms with Gasteiger partial charge in [0.05, 0.1) is 6.10 Å². The smallest absolute Gasteiger partial charge is 0.315 e. The minimum absolute atomic E-state index is 0.140. The van der Waals surface area contributed by atoms with Gasteiger partial charge in [-0.1, -0.05) is 0 Å².